The predicted octanol–water partition coefficient (Wildman–Crippen LogP) is 2.97. The van der Waals surface area contributed by atoms with Gasteiger partial charge >= 0.3 is 18.9 Å². The zero-order valence-corrected chi connectivity index (χ0v) is 7.65. The van der Waals surface area contributed by atoms with Gasteiger partial charge < -0.3 is 0 Å². The molecule has 0 aliphatic heterocycles. The molecule has 91 valence electrons. The Balaban J connectivity index is 0.00000162. The molecule has 0 aromatic heterocycles. The van der Waals surface area contributed by atoms with Crippen LogP contribution in [-0.2, 0) is 0 Å². The van der Waals surface area contributed by atoms with E-state index >= 15 is 0 Å². The Bertz CT molecular complexity index is 630. The van der Waals surface area contributed by atoms with Crippen molar-refractivity contribution in [2.75, 3.05) is 0 Å². The van der Waals surface area contributed by atoms with Gasteiger partial charge in [-0.1, -0.05) is 0 Å². The molecule has 0 unspecified atom stereocenters. The van der Waals surface area contributed by atoms with Crippen LogP contribution >= 0.6 is 0 Å². The zero-order valence-electron chi connectivity index (χ0n) is 7.65. The summed E-state index contributed by atoms with van der Waals surface area (Å²) in [6.45, 7) is 0. The van der Waals surface area contributed by atoms with Gasteiger partial charge in [-0.05, 0) is 0 Å². The van der Waals surface area contributed by atoms with Crippen molar-refractivity contribution in [1.82, 2.24) is 0 Å². The van der Waals surface area contributed by atoms with E-state index in [2.05, 4.69) is 0 Å². The summed E-state index contributed by atoms with van der Waals surface area (Å²) in [4.78, 5) is 0. The summed E-state index contributed by atoms with van der Waals surface area (Å²) in [7, 11) is 0. The van der Waals surface area contributed by atoms with Gasteiger partial charge in [0.1, 0.15) is 0 Å². The maximum atomic E-state index is 13.1. The molecule has 2 aromatic carbocycles. The van der Waals surface area contributed by atoms with E-state index in [1.54, 1.807) is 0 Å². The van der Waals surface area contributed by atoms with Gasteiger partial charge in [-0.2, -0.15) is 0 Å². The number of hydrogen-bond donors (Lipinski definition) is 0. The molecule has 0 spiro atoms. The first-order chi connectivity index (χ1) is 7.86. The number of fused-ring (bicyclic) bond motifs is 1. The first-order valence-corrected chi connectivity index (χ1v) is 4.07. The van der Waals surface area contributed by atoms with E-state index in [1.165, 1.54) is 6.07 Å². The zero-order chi connectivity index (χ0) is 12.9. The molecule has 0 bridgehead atoms. The molecule has 2 rings (SSSR count). The van der Waals surface area contributed by atoms with E-state index in [1.807, 2.05) is 0 Å². The Morgan fingerprint density at radius 1 is 0.556 bits per heavy atom. The topological polar surface area (TPSA) is 0 Å². The van der Waals surface area contributed by atoms with Gasteiger partial charge in [0.15, 0.2) is 40.7 Å². The Morgan fingerprint density at radius 2 is 1.00 bits per heavy atom. The van der Waals surface area contributed by atoms with Crippen LogP contribution < -0.4 is 0 Å². The first-order valence-electron chi connectivity index (χ1n) is 4.07. The van der Waals surface area contributed by atoms with Crippen molar-refractivity contribution < 1.29 is 30.7 Å². The molecule has 0 heterocycles. The van der Waals surface area contributed by atoms with Gasteiger partial charge in [-0.15, -0.1) is 0 Å². The third kappa shape index (κ3) is 1.87. The van der Waals surface area contributed by atoms with Crippen molar-refractivity contribution in [1.29, 1.82) is 0 Å². The number of halogens is 7. The van der Waals surface area contributed by atoms with Crippen LogP contribution in [0.15, 0.2) is 0 Å². The van der Waals surface area contributed by atoms with Crippen LogP contribution in [0, 0.1) is 46.8 Å². The average Bonchev–Trinajstić information content (AvgIpc) is 2.30. The Morgan fingerprint density at radius 3 is 1.56 bits per heavy atom. The van der Waals surface area contributed by atoms with Gasteiger partial charge in [0.2, 0.25) is 0 Å². The number of benzene rings is 2. The van der Waals surface area contributed by atoms with Crippen LogP contribution in [0.2, 0.25) is 0 Å². The van der Waals surface area contributed by atoms with Crippen molar-refractivity contribution in [2.24, 2.45) is 0 Å². The normalized spacial score (nSPS) is 10.6. The molecular formula is C10HF7Li. The summed E-state index contributed by atoms with van der Waals surface area (Å²) >= 11 is 0. The van der Waals surface area contributed by atoms with E-state index in [0.717, 1.165) is 0 Å². The Labute approximate surface area is 108 Å². The summed E-state index contributed by atoms with van der Waals surface area (Å²) in [6, 6.07) is 1.27. The molecule has 0 aliphatic carbocycles. The van der Waals surface area contributed by atoms with Crippen LogP contribution in [-0.4, -0.2) is 18.9 Å². The fraction of sp³-hybridized carbons (Fsp3) is 0. The molecule has 0 N–H and O–H groups in total. The van der Waals surface area contributed by atoms with E-state index < -0.39 is 51.5 Å². The van der Waals surface area contributed by atoms with Gasteiger partial charge in [0, 0.05) is 11.5 Å². The molecule has 1 radical (unpaired) electrons. The summed E-state index contributed by atoms with van der Waals surface area (Å²) in [5, 5.41) is -2.86. The van der Waals surface area contributed by atoms with Crippen molar-refractivity contribution in [2.45, 2.75) is 0 Å². The van der Waals surface area contributed by atoms with Crippen LogP contribution in [0.25, 0.3) is 10.8 Å². The van der Waals surface area contributed by atoms with Gasteiger partial charge in [0.25, 0.3) is 0 Å². The fourth-order valence-electron chi connectivity index (χ4n) is 1.33. The average molecular weight is 261 g/mol. The van der Waals surface area contributed by atoms with Crippen LogP contribution in [0.4, 0.5) is 30.7 Å². The summed E-state index contributed by atoms with van der Waals surface area (Å²) in [5.74, 6) is -15.0. The van der Waals surface area contributed by atoms with E-state index in [-0.39, 0.29) is 18.9 Å². The number of rotatable bonds is 0. The second-order valence-corrected chi connectivity index (χ2v) is 3.07. The molecule has 0 fully saturated rings. The van der Waals surface area contributed by atoms with E-state index in [0.29, 0.717) is 0 Å². The monoisotopic (exact) mass is 261 g/mol. The van der Waals surface area contributed by atoms with Crippen LogP contribution in [0.3, 0.4) is 0 Å². The van der Waals surface area contributed by atoms with Crippen molar-refractivity contribution >= 4 is 29.6 Å². The summed E-state index contributed by atoms with van der Waals surface area (Å²) in [6.07, 6.45) is 0. The molecule has 0 atom stereocenters. The molecule has 0 aliphatic rings. The molecular weight excluding hydrogens is 260 g/mol. The second kappa shape index (κ2) is 4.82. The van der Waals surface area contributed by atoms with Gasteiger partial charge in [0.05, 0.1) is 5.39 Å². The van der Waals surface area contributed by atoms with Gasteiger partial charge in [-0.25, -0.2) is 30.7 Å². The van der Waals surface area contributed by atoms with Crippen molar-refractivity contribution in [3.8, 4) is 0 Å². The van der Waals surface area contributed by atoms with Crippen molar-refractivity contribution in [3.63, 3.8) is 0 Å². The molecule has 8 heteroatoms. The molecule has 0 saturated carbocycles. The summed E-state index contributed by atoms with van der Waals surface area (Å²) in [5.41, 5.74) is 0. The molecule has 18 heavy (non-hydrogen) atoms. The van der Waals surface area contributed by atoms with E-state index in [9.17, 15) is 30.7 Å². The minimum absolute atomic E-state index is 0. The quantitative estimate of drug-likeness (QED) is 0.296. The molecule has 2 aromatic rings. The van der Waals surface area contributed by atoms with E-state index in [4.69, 9.17) is 0 Å². The third-order valence-corrected chi connectivity index (χ3v) is 2.11. The first kappa shape index (κ1) is 14.9. The van der Waals surface area contributed by atoms with Crippen LogP contribution in [0.1, 0.15) is 0 Å². The molecule has 0 amide bonds. The Kier molecular flexibility index (Phi) is 3.98. The molecule has 0 nitrogen and oxygen atoms in total. The minimum atomic E-state index is -2.31. The van der Waals surface area contributed by atoms with Crippen molar-refractivity contribution in [3.05, 3.63) is 46.8 Å². The molecule has 0 saturated heterocycles. The summed E-state index contributed by atoms with van der Waals surface area (Å²) < 4.78 is 90.1. The standard InChI is InChI=1S/C10F7.Li.H/c11-3-1-2-4(7(14)6(3)13)8(15)10(17)9(16)5(2)12;;. The fourth-order valence-corrected chi connectivity index (χ4v) is 1.33. The SMILES string of the molecule is Fc1[c]c2c(F)c(F)c(F)c(F)c2c(F)c1F.[LiH]. The number of hydrogen-bond acceptors (Lipinski definition) is 0. The maximum absolute atomic E-state index is 13.1. The van der Waals surface area contributed by atoms with Crippen LogP contribution in [0.5, 0.6) is 0 Å². The predicted molar refractivity (Wildman–Crippen MR) is 49.6 cm³/mol. The van der Waals surface area contributed by atoms with Gasteiger partial charge in [-0.3, -0.25) is 0 Å². The second-order valence-electron chi connectivity index (χ2n) is 3.07. The Hall–Kier alpha value is -1.19. The third-order valence-electron chi connectivity index (χ3n) is 2.11.